The summed E-state index contributed by atoms with van der Waals surface area (Å²) >= 11 is 0. The zero-order chi connectivity index (χ0) is 11.8. The predicted molar refractivity (Wildman–Crippen MR) is 54.3 cm³/mol. The standard InChI is InChI=1S/C12H13N/c1-2-9-13-12-8-7-10-5-3-4-6-11(10)12/h1,3-6,12-13H,7-9H2/t12-/m1/s1/i9D2,12D. The topological polar surface area (TPSA) is 12.0 Å². The Morgan fingerprint density at radius 2 is 2.54 bits per heavy atom. The first-order valence-electron chi connectivity index (χ1n) is 5.82. The molecule has 0 bridgehead atoms. The molecule has 66 valence electrons. The second kappa shape index (κ2) is 3.64. The lowest BCUT2D eigenvalue weighted by atomic mass is 10.1. The Morgan fingerprint density at radius 3 is 3.38 bits per heavy atom. The molecule has 1 heteroatoms. The van der Waals surface area contributed by atoms with Crippen LogP contribution in [-0.4, -0.2) is 6.50 Å². The molecule has 0 fully saturated rings. The molecule has 1 aromatic carbocycles. The molecule has 1 N–H and O–H groups in total. The Kier molecular flexibility index (Phi) is 1.53. The average Bonchev–Trinajstić information content (AvgIpc) is 2.57. The normalized spacial score (nSPS) is 29.6. The van der Waals surface area contributed by atoms with Crippen LogP contribution in [0.1, 0.15) is 27.7 Å². The maximum Gasteiger partial charge on any atom is 0.0578 e. The van der Waals surface area contributed by atoms with Crippen LogP contribution in [-0.2, 0) is 6.42 Å². The average molecular weight is 174 g/mol. The minimum absolute atomic E-state index is 0.549. The van der Waals surface area contributed by atoms with Gasteiger partial charge >= 0.3 is 0 Å². The molecule has 0 radical (unpaired) electrons. The van der Waals surface area contributed by atoms with E-state index in [-0.39, 0.29) is 0 Å². The summed E-state index contributed by atoms with van der Waals surface area (Å²) in [5.74, 6) is 2.03. The van der Waals surface area contributed by atoms with Gasteiger partial charge in [0.25, 0.3) is 0 Å². The number of fused-ring (bicyclic) bond motifs is 1. The highest BCUT2D eigenvalue weighted by molar-refractivity contribution is 5.34. The summed E-state index contributed by atoms with van der Waals surface area (Å²) in [7, 11) is 0. The number of aryl methyl sites for hydroxylation is 1. The van der Waals surface area contributed by atoms with Gasteiger partial charge in [0, 0.05) is 6.02 Å². The van der Waals surface area contributed by atoms with E-state index in [1.807, 2.05) is 30.2 Å². The molecule has 0 aromatic heterocycles. The van der Waals surface area contributed by atoms with Crippen molar-refractivity contribution in [2.75, 3.05) is 6.50 Å². The molecular weight excluding hydrogens is 158 g/mol. The highest BCUT2D eigenvalue weighted by atomic mass is 14.9. The number of benzene rings is 1. The summed E-state index contributed by atoms with van der Waals surface area (Å²) in [6, 6.07) is 6.51. The predicted octanol–water partition coefficient (Wildman–Crippen LogP) is 1.90. The van der Waals surface area contributed by atoms with Gasteiger partial charge in [-0.15, -0.1) is 6.42 Å². The van der Waals surface area contributed by atoms with Crippen LogP contribution in [0.15, 0.2) is 24.3 Å². The van der Waals surface area contributed by atoms with Crippen LogP contribution >= 0.6 is 0 Å². The molecule has 0 amide bonds. The van der Waals surface area contributed by atoms with E-state index in [0.717, 1.165) is 17.5 Å². The van der Waals surface area contributed by atoms with Crippen molar-refractivity contribution < 1.29 is 4.11 Å². The molecule has 1 aliphatic rings. The van der Waals surface area contributed by atoms with Crippen LogP contribution in [0.5, 0.6) is 0 Å². The largest absolute Gasteiger partial charge is 0.299 e. The quantitative estimate of drug-likeness (QED) is 0.675. The molecule has 0 spiro atoms. The first kappa shape index (κ1) is 5.47. The maximum atomic E-state index is 8.27. The number of rotatable bonds is 2. The molecular formula is C12H13N. The van der Waals surface area contributed by atoms with Gasteiger partial charge in [-0.05, 0) is 24.0 Å². The Bertz CT molecular complexity index is 450. The van der Waals surface area contributed by atoms with E-state index >= 15 is 0 Å². The minimum Gasteiger partial charge on any atom is -0.299 e. The van der Waals surface area contributed by atoms with Crippen molar-refractivity contribution in [3.05, 3.63) is 35.4 Å². The monoisotopic (exact) mass is 174 g/mol. The highest BCUT2D eigenvalue weighted by Gasteiger charge is 2.20. The van der Waals surface area contributed by atoms with Crippen LogP contribution < -0.4 is 5.32 Å². The zero-order valence-electron chi connectivity index (χ0n) is 10.3. The third-order valence-corrected chi connectivity index (χ3v) is 2.27. The molecule has 0 unspecified atom stereocenters. The smallest absolute Gasteiger partial charge is 0.0578 e. The minimum atomic E-state index is -1.95. The molecule has 0 saturated carbocycles. The summed E-state index contributed by atoms with van der Waals surface area (Å²) in [6.45, 7) is -1.95. The fourth-order valence-electron chi connectivity index (χ4n) is 1.67. The van der Waals surface area contributed by atoms with Crippen molar-refractivity contribution in [1.29, 1.82) is 0 Å². The van der Waals surface area contributed by atoms with Crippen LogP contribution in [0.3, 0.4) is 0 Å². The van der Waals surface area contributed by atoms with Gasteiger partial charge in [0.15, 0.2) is 0 Å². The molecule has 0 saturated heterocycles. The second-order valence-electron chi connectivity index (χ2n) is 3.03. The second-order valence-corrected chi connectivity index (χ2v) is 3.03. The molecule has 2 rings (SSSR count). The number of terminal acetylenes is 1. The van der Waals surface area contributed by atoms with Gasteiger partial charge in [-0.25, -0.2) is 0 Å². The third kappa shape index (κ3) is 1.59. The van der Waals surface area contributed by atoms with Crippen molar-refractivity contribution >= 4 is 0 Å². The summed E-state index contributed by atoms with van der Waals surface area (Å²) < 4.78 is 23.3. The summed E-state index contributed by atoms with van der Waals surface area (Å²) in [6.07, 6.45) is 6.43. The van der Waals surface area contributed by atoms with E-state index in [2.05, 4.69) is 5.32 Å². The van der Waals surface area contributed by atoms with Crippen molar-refractivity contribution in [3.8, 4) is 12.3 Å². The Labute approximate surface area is 83.4 Å². The fraction of sp³-hybridized carbons (Fsp3) is 0.333. The Hall–Kier alpha value is -1.26. The van der Waals surface area contributed by atoms with Gasteiger partial charge in [-0.3, -0.25) is 5.32 Å². The lowest BCUT2D eigenvalue weighted by Crippen LogP contribution is -2.19. The summed E-state index contributed by atoms with van der Waals surface area (Å²) in [4.78, 5) is 0. The van der Waals surface area contributed by atoms with E-state index in [9.17, 15) is 0 Å². The first-order chi connectivity index (χ1) is 7.47. The Balaban J connectivity index is 2.33. The SMILES string of the molecule is [2H]C([2H])(C#C)N[C@]1([2H])CCc2ccccc21. The third-order valence-electron chi connectivity index (χ3n) is 2.27. The van der Waals surface area contributed by atoms with Gasteiger partial charge in [-0.2, -0.15) is 0 Å². The molecule has 0 heterocycles. The van der Waals surface area contributed by atoms with Crippen molar-refractivity contribution in [2.45, 2.75) is 18.9 Å². The van der Waals surface area contributed by atoms with Gasteiger partial charge < -0.3 is 0 Å². The Morgan fingerprint density at radius 1 is 1.69 bits per heavy atom. The molecule has 1 nitrogen and oxygen atoms in total. The lowest BCUT2D eigenvalue weighted by Gasteiger charge is -2.10. The highest BCUT2D eigenvalue weighted by Crippen LogP contribution is 2.30. The molecule has 1 atom stereocenters. The van der Waals surface area contributed by atoms with E-state index in [4.69, 9.17) is 10.5 Å². The number of hydrogen-bond acceptors (Lipinski definition) is 1. The molecule has 1 aromatic rings. The van der Waals surface area contributed by atoms with Crippen LogP contribution in [0.2, 0.25) is 0 Å². The van der Waals surface area contributed by atoms with Crippen LogP contribution in [0.4, 0.5) is 0 Å². The van der Waals surface area contributed by atoms with Crippen molar-refractivity contribution in [2.24, 2.45) is 0 Å². The fourth-order valence-corrected chi connectivity index (χ4v) is 1.67. The van der Waals surface area contributed by atoms with E-state index < -0.39 is 12.5 Å². The first-order valence-corrected chi connectivity index (χ1v) is 4.32. The van der Waals surface area contributed by atoms with Crippen molar-refractivity contribution in [1.82, 2.24) is 5.32 Å². The van der Waals surface area contributed by atoms with Crippen LogP contribution in [0.25, 0.3) is 0 Å². The summed E-state index contributed by atoms with van der Waals surface area (Å²) in [5.41, 5.74) is 1.92. The number of hydrogen-bond donors (Lipinski definition) is 1. The van der Waals surface area contributed by atoms with Gasteiger partial charge in [0.05, 0.1) is 10.6 Å². The van der Waals surface area contributed by atoms with Crippen molar-refractivity contribution in [3.63, 3.8) is 0 Å². The van der Waals surface area contributed by atoms with E-state index in [0.29, 0.717) is 6.42 Å². The van der Waals surface area contributed by atoms with Gasteiger partial charge in [0.1, 0.15) is 0 Å². The molecule has 13 heavy (non-hydrogen) atoms. The van der Waals surface area contributed by atoms with Crippen LogP contribution in [0, 0.1) is 12.3 Å². The van der Waals surface area contributed by atoms with Gasteiger partial charge in [-0.1, -0.05) is 30.2 Å². The van der Waals surface area contributed by atoms with Gasteiger partial charge in [0.2, 0.25) is 0 Å². The lowest BCUT2D eigenvalue weighted by molar-refractivity contribution is 0.568. The molecule has 0 aliphatic heterocycles. The van der Waals surface area contributed by atoms with E-state index in [1.54, 1.807) is 0 Å². The maximum absolute atomic E-state index is 8.27. The molecule has 1 aliphatic carbocycles. The van der Waals surface area contributed by atoms with E-state index in [1.165, 1.54) is 0 Å². The zero-order valence-corrected chi connectivity index (χ0v) is 7.30. The number of nitrogens with one attached hydrogen (secondary N) is 1. The summed E-state index contributed by atoms with van der Waals surface area (Å²) in [5, 5.41) is 2.60.